The molecule has 0 spiro atoms. The van der Waals surface area contributed by atoms with Crippen molar-refractivity contribution in [1.29, 1.82) is 0 Å². The van der Waals surface area contributed by atoms with Crippen molar-refractivity contribution in [3.05, 3.63) is 60.2 Å². The van der Waals surface area contributed by atoms with Gasteiger partial charge in [0.15, 0.2) is 0 Å². The number of nitrogens with zero attached hydrogens (tertiary/aromatic N) is 1. The highest BCUT2D eigenvalue weighted by atomic mass is 32.2. The number of nitrogens with one attached hydrogen (secondary N) is 2. The zero-order valence-electron chi connectivity index (χ0n) is 15.6. The van der Waals surface area contributed by atoms with Gasteiger partial charge >= 0.3 is 0 Å². The molecule has 1 atom stereocenters. The van der Waals surface area contributed by atoms with E-state index >= 15 is 0 Å². The number of anilines is 2. The van der Waals surface area contributed by atoms with Crippen LogP contribution in [0.25, 0.3) is 0 Å². The minimum Gasteiger partial charge on any atom is -0.330 e. The first-order valence-electron chi connectivity index (χ1n) is 9.04. The molecule has 0 aromatic heterocycles. The van der Waals surface area contributed by atoms with Crippen molar-refractivity contribution in [2.45, 2.75) is 25.3 Å². The van der Waals surface area contributed by atoms with Gasteiger partial charge in [-0.25, -0.2) is 8.42 Å². The molecule has 0 aliphatic carbocycles. The molecular weight excluding hydrogens is 378 g/mol. The molecule has 8 heteroatoms. The molecule has 1 saturated heterocycles. The standard InChI is InChI=1S/C20H23N3O4S/c1-28(26,27)22-17-11-9-16(10-12-17)21-20(25)18-8-5-13-23(18)19(24)14-15-6-3-2-4-7-15/h2-4,6-7,9-12,18,22H,5,8,13-14H2,1H3,(H,21,25)/t18-/m0/s1. The molecule has 1 fully saturated rings. The summed E-state index contributed by atoms with van der Waals surface area (Å²) in [5.41, 5.74) is 1.89. The summed E-state index contributed by atoms with van der Waals surface area (Å²) < 4.78 is 24.9. The van der Waals surface area contributed by atoms with Gasteiger partial charge in [-0.1, -0.05) is 30.3 Å². The number of sulfonamides is 1. The van der Waals surface area contributed by atoms with Gasteiger partial charge in [0.05, 0.1) is 12.7 Å². The second-order valence-corrected chi connectivity index (χ2v) is 8.60. The molecule has 1 aliphatic rings. The molecule has 0 unspecified atom stereocenters. The fourth-order valence-corrected chi connectivity index (χ4v) is 3.84. The van der Waals surface area contributed by atoms with Crippen LogP contribution >= 0.6 is 0 Å². The minimum atomic E-state index is -3.35. The molecule has 2 N–H and O–H groups in total. The molecular formula is C20H23N3O4S. The maximum absolute atomic E-state index is 12.7. The number of carbonyl (C=O) groups excluding carboxylic acids is 2. The van der Waals surface area contributed by atoms with E-state index in [0.717, 1.165) is 18.2 Å². The Labute approximate surface area is 164 Å². The van der Waals surface area contributed by atoms with Crippen molar-refractivity contribution in [3.8, 4) is 0 Å². The number of amides is 2. The lowest BCUT2D eigenvalue weighted by atomic mass is 10.1. The summed E-state index contributed by atoms with van der Waals surface area (Å²) in [6.07, 6.45) is 2.76. The van der Waals surface area contributed by atoms with E-state index in [1.54, 1.807) is 29.2 Å². The SMILES string of the molecule is CS(=O)(=O)Nc1ccc(NC(=O)[C@@H]2CCCN2C(=O)Cc2ccccc2)cc1. The average molecular weight is 401 g/mol. The molecule has 1 heterocycles. The number of likely N-dealkylation sites (tertiary alicyclic amines) is 1. The van der Waals surface area contributed by atoms with E-state index in [0.29, 0.717) is 24.3 Å². The number of hydrogen-bond acceptors (Lipinski definition) is 4. The lowest BCUT2D eigenvalue weighted by Gasteiger charge is -2.24. The van der Waals surface area contributed by atoms with Gasteiger partial charge in [0.25, 0.3) is 0 Å². The fraction of sp³-hybridized carbons (Fsp3) is 0.300. The van der Waals surface area contributed by atoms with Crippen LogP contribution in [-0.2, 0) is 26.0 Å². The van der Waals surface area contributed by atoms with E-state index < -0.39 is 16.1 Å². The normalized spacial score (nSPS) is 16.6. The van der Waals surface area contributed by atoms with Crippen molar-refractivity contribution in [2.75, 3.05) is 22.8 Å². The highest BCUT2D eigenvalue weighted by molar-refractivity contribution is 7.92. The van der Waals surface area contributed by atoms with E-state index in [2.05, 4.69) is 10.0 Å². The van der Waals surface area contributed by atoms with Gasteiger partial charge in [-0.2, -0.15) is 0 Å². The van der Waals surface area contributed by atoms with Crippen LogP contribution in [0.2, 0.25) is 0 Å². The van der Waals surface area contributed by atoms with Crippen molar-refractivity contribution in [2.24, 2.45) is 0 Å². The molecule has 0 saturated carbocycles. The smallest absolute Gasteiger partial charge is 0.247 e. The van der Waals surface area contributed by atoms with Gasteiger partial charge in [0.2, 0.25) is 21.8 Å². The molecule has 2 amide bonds. The summed E-state index contributed by atoms with van der Waals surface area (Å²) in [6, 6.07) is 15.4. The molecule has 3 rings (SSSR count). The lowest BCUT2D eigenvalue weighted by molar-refractivity contribution is -0.136. The summed E-state index contributed by atoms with van der Waals surface area (Å²) in [5, 5.41) is 2.81. The Kier molecular flexibility index (Phi) is 5.99. The molecule has 7 nitrogen and oxygen atoms in total. The fourth-order valence-electron chi connectivity index (χ4n) is 3.27. The van der Waals surface area contributed by atoms with Crippen molar-refractivity contribution < 1.29 is 18.0 Å². The first kappa shape index (κ1) is 19.9. The van der Waals surface area contributed by atoms with Crippen LogP contribution in [0, 0.1) is 0 Å². The van der Waals surface area contributed by atoms with Crippen LogP contribution < -0.4 is 10.0 Å². The Balaban J connectivity index is 1.62. The summed E-state index contributed by atoms with van der Waals surface area (Å²) in [7, 11) is -3.35. The van der Waals surface area contributed by atoms with Crippen molar-refractivity contribution in [1.82, 2.24) is 4.90 Å². The van der Waals surface area contributed by atoms with Crippen molar-refractivity contribution in [3.63, 3.8) is 0 Å². The van der Waals surface area contributed by atoms with E-state index in [9.17, 15) is 18.0 Å². The lowest BCUT2D eigenvalue weighted by Crippen LogP contribution is -2.43. The monoisotopic (exact) mass is 401 g/mol. The summed E-state index contributed by atoms with van der Waals surface area (Å²) in [6.45, 7) is 0.570. The van der Waals surface area contributed by atoms with Crippen LogP contribution in [0.5, 0.6) is 0 Å². The van der Waals surface area contributed by atoms with Crippen LogP contribution in [0.4, 0.5) is 11.4 Å². The maximum atomic E-state index is 12.7. The molecule has 2 aromatic carbocycles. The molecule has 1 aliphatic heterocycles. The number of rotatable bonds is 6. The average Bonchev–Trinajstić information content (AvgIpc) is 3.13. The Morgan fingerprint density at radius 3 is 2.32 bits per heavy atom. The van der Waals surface area contributed by atoms with Crippen LogP contribution in [0.15, 0.2) is 54.6 Å². The summed E-state index contributed by atoms with van der Waals surface area (Å²) in [4.78, 5) is 27.0. The van der Waals surface area contributed by atoms with Crippen LogP contribution in [0.1, 0.15) is 18.4 Å². The van der Waals surface area contributed by atoms with Gasteiger partial charge in [-0.15, -0.1) is 0 Å². The molecule has 0 radical (unpaired) electrons. The molecule has 28 heavy (non-hydrogen) atoms. The van der Waals surface area contributed by atoms with E-state index in [1.807, 2.05) is 30.3 Å². The number of hydrogen-bond donors (Lipinski definition) is 2. The molecule has 148 valence electrons. The van der Waals surface area contributed by atoms with Crippen molar-refractivity contribution >= 4 is 33.2 Å². The highest BCUT2D eigenvalue weighted by Gasteiger charge is 2.33. The maximum Gasteiger partial charge on any atom is 0.247 e. The van der Waals surface area contributed by atoms with Gasteiger partial charge in [0.1, 0.15) is 6.04 Å². The first-order valence-corrected chi connectivity index (χ1v) is 10.9. The van der Waals surface area contributed by atoms with Gasteiger partial charge in [0, 0.05) is 17.9 Å². The second-order valence-electron chi connectivity index (χ2n) is 6.85. The molecule has 0 bridgehead atoms. The second kappa shape index (κ2) is 8.43. The highest BCUT2D eigenvalue weighted by Crippen LogP contribution is 2.21. The third kappa shape index (κ3) is 5.32. The van der Waals surface area contributed by atoms with Crippen LogP contribution in [-0.4, -0.2) is 44.0 Å². The largest absolute Gasteiger partial charge is 0.330 e. The summed E-state index contributed by atoms with van der Waals surface area (Å²) in [5.74, 6) is -0.292. The Hall–Kier alpha value is -2.87. The first-order chi connectivity index (χ1) is 13.3. The van der Waals surface area contributed by atoms with Gasteiger partial charge in [-0.05, 0) is 42.7 Å². The quantitative estimate of drug-likeness (QED) is 0.776. The Morgan fingerprint density at radius 2 is 1.68 bits per heavy atom. The zero-order valence-corrected chi connectivity index (χ0v) is 16.4. The third-order valence-corrected chi connectivity index (χ3v) is 5.14. The topological polar surface area (TPSA) is 95.6 Å². The van der Waals surface area contributed by atoms with E-state index in [-0.39, 0.29) is 18.2 Å². The van der Waals surface area contributed by atoms with Gasteiger partial charge < -0.3 is 10.2 Å². The summed E-state index contributed by atoms with van der Waals surface area (Å²) >= 11 is 0. The Morgan fingerprint density at radius 1 is 1.04 bits per heavy atom. The van der Waals surface area contributed by atoms with E-state index in [4.69, 9.17) is 0 Å². The predicted octanol–water partition coefficient (Wildman–Crippen LogP) is 2.23. The minimum absolute atomic E-state index is 0.0587. The predicted molar refractivity (Wildman–Crippen MR) is 108 cm³/mol. The molecule has 2 aromatic rings. The van der Waals surface area contributed by atoms with E-state index in [1.165, 1.54) is 0 Å². The van der Waals surface area contributed by atoms with Crippen LogP contribution in [0.3, 0.4) is 0 Å². The van der Waals surface area contributed by atoms with Gasteiger partial charge in [-0.3, -0.25) is 14.3 Å². The Bertz CT molecular complexity index is 943. The number of benzene rings is 2. The third-order valence-electron chi connectivity index (χ3n) is 4.53. The zero-order chi connectivity index (χ0) is 20.1. The number of carbonyl (C=O) groups is 2.